The molecule has 0 unspecified atom stereocenters. The van der Waals surface area contributed by atoms with E-state index in [1.165, 1.54) is 0 Å². The van der Waals surface area contributed by atoms with Crippen molar-refractivity contribution in [1.82, 2.24) is 0 Å². The zero-order valence-electron chi connectivity index (χ0n) is 10.4. The molecule has 0 spiro atoms. The summed E-state index contributed by atoms with van der Waals surface area (Å²) < 4.78 is 0. The van der Waals surface area contributed by atoms with Crippen LogP contribution in [0.3, 0.4) is 0 Å². The standard InChI is InChI=1S/C13H19NO2/c1-5-9-10(6-2)12(14(3)4)8-7-11(9)13(15)16/h7-8H,5-6H2,1-4H3,(H,15,16). The summed E-state index contributed by atoms with van der Waals surface area (Å²) >= 11 is 0. The highest BCUT2D eigenvalue weighted by molar-refractivity contribution is 5.91. The molecule has 0 fully saturated rings. The number of carboxylic acids is 1. The largest absolute Gasteiger partial charge is 0.478 e. The van der Waals surface area contributed by atoms with Crippen molar-refractivity contribution in [3.8, 4) is 0 Å². The van der Waals surface area contributed by atoms with Gasteiger partial charge in [0.1, 0.15) is 0 Å². The molecule has 0 aliphatic heterocycles. The van der Waals surface area contributed by atoms with E-state index in [4.69, 9.17) is 5.11 Å². The van der Waals surface area contributed by atoms with Crippen LogP contribution >= 0.6 is 0 Å². The Kier molecular flexibility index (Phi) is 3.93. The summed E-state index contributed by atoms with van der Waals surface area (Å²) in [5, 5.41) is 9.13. The number of hydrogen-bond acceptors (Lipinski definition) is 2. The molecule has 88 valence electrons. The van der Waals surface area contributed by atoms with Gasteiger partial charge in [-0.2, -0.15) is 0 Å². The van der Waals surface area contributed by atoms with Gasteiger partial charge in [0.05, 0.1) is 5.56 Å². The molecule has 3 heteroatoms. The minimum atomic E-state index is -0.836. The molecule has 0 aliphatic carbocycles. The average molecular weight is 221 g/mol. The zero-order valence-corrected chi connectivity index (χ0v) is 10.4. The summed E-state index contributed by atoms with van der Waals surface area (Å²) in [5.74, 6) is -0.836. The van der Waals surface area contributed by atoms with E-state index in [1.807, 2.05) is 32.0 Å². The second-order valence-corrected chi connectivity index (χ2v) is 4.00. The van der Waals surface area contributed by atoms with Crippen LogP contribution in [0.5, 0.6) is 0 Å². The molecule has 1 aromatic carbocycles. The lowest BCUT2D eigenvalue weighted by Crippen LogP contribution is -2.14. The van der Waals surface area contributed by atoms with Crippen molar-refractivity contribution in [2.45, 2.75) is 26.7 Å². The van der Waals surface area contributed by atoms with Crippen LogP contribution < -0.4 is 4.90 Å². The monoisotopic (exact) mass is 221 g/mol. The van der Waals surface area contributed by atoms with Gasteiger partial charge in [-0.15, -0.1) is 0 Å². The molecule has 1 aromatic rings. The van der Waals surface area contributed by atoms with E-state index >= 15 is 0 Å². The molecule has 1 rings (SSSR count). The lowest BCUT2D eigenvalue weighted by Gasteiger charge is -2.20. The van der Waals surface area contributed by atoms with Gasteiger partial charge in [0.25, 0.3) is 0 Å². The van der Waals surface area contributed by atoms with Gasteiger partial charge in [-0.25, -0.2) is 4.79 Å². The Bertz CT molecular complexity index is 397. The maximum atomic E-state index is 11.1. The van der Waals surface area contributed by atoms with Crippen molar-refractivity contribution in [2.24, 2.45) is 0 Å². The quantitative estimate of drug-likeness (QED) is 0.849. The fourth-order valence-electron chi connectivity index (χ4n) is 2.10. The van der Waals surface area contributed by atoms with E-state index in [0.29, 0.717) is 5.56 Å². The molecule has 0 saturated carbocycles. The average Bonchev–Trinajstić information content (AvgIpc) is 2.26. The van der Waals surface area contributed by atoms with Crippen LogP contribution in [0.4, 0.5) is 5.69 Å². The highest BCUT2D eigenvalue weighted by Crippen LogP contribution is 2.26. The van der Waals surface area contributed by atoms with Crippen LogP contribution in [0, 0.1) is 0 Å². The highest BCUT2D eigenvalue weighted by atomic mass is 16.4. The maximum Gasteiger partial charge on any atom is 0.335 e. The Morgan fingerprint density at radius 2 is 1.75 bits per heavy atom. The molecule has 0 aromatic heterocycles. The summed E-state index contributed by atoms with van der Waals surface area (Å²) in [5.41, 5.74) is 3.66. The fraction of sp³-hybridized carbons (Fsp3) is 0.462. The molecule has 0 amide bonds. The van der Waals surface area contributed by atoms with Crippen molar-refractivity contribution < 1.29 is 9.90 Å². The molecule has 0 bridgehead atoms. The first-order chi connectivity index (χ1) is 7.52. The first-order valence-corrected chi connectivity index (χ1v) is 5.58. The fourth-order valence-corrected chi connectivity index (χ4v) is 2.10. The molecule has 0 saturated heterocycles. The van der Waals surface area contributed by atoms with E-state index < -0.39 is 5.97 Å². The Morgan fingerprint density at radius 3 is 2.12 bits per heavy atom. The first-order valence-electron chi connectivity index (χ1n) is 5.58. The van der Waals surface area contributed by atoms with E-state index in [0.717, 1.165) is 29.7 Å². The molecular formula is C13H19NO2. The van der Waals surface area contributed by atoms with Gasteiger partial charge >= 0.3 is 5.97 Å². The van der Waals surface area contributed by atoms with Crippen molar-refractivity contribution >= 4 is 11.7 Å². The highest BCUT2D eigenvalue weighted by Gasteiger charge is 2.15. The molecular weight excluding hydrogens is 202 g/mol. The predicted molar refractivity (Wildman–Crippen MR) is 66.5 cm³/mol. The molecule has 0 radical (unpaired) electrons. The third kappa shape index (κ3) is 2.18. The van der Waals surface area contributed by atoms with Crippen LogP contribution in [0.25, 0.3) is 0 Å². The van der Waals surface area contributed by atoms with Crippen LogP contribution in [0.2, 0.25) is 0 Å². The van der Waals surface area contributed by atoms with Crippen molar-refractivity contribution in [3.05, 3.63) is 28.8 Å². The second kappa shape index (κ2) is 5.01. The summed E-state index contributed by atoms with van der Waals surface area (Å²) in [6.45, 7) is 4.06. The SMILES string of the molecule is CCc1c(C(=O)O)ccc(N(C)C)c1CC. The van der Waals surface area contributed by atoms with Crippen molar-refractivity contribution in [3.63, 3.8) is 0 Å². The topological polar surface area (TPSA) is 40.5 Å². The van der Waals surface area contributed by atoms with Gasteiger partial charge in [0.15, 0.2) is 0 Å². The minimum absolute atomic E-state index is 0.435. The predicted octanol–water partition coefficient (Wildman–Crippen LogP) is 2.58. The lowest BCUT2D eigenvalue weighted by atomic mass is 9.95. The number of benzene rings is 1. The zero-order chi connectivity index (χ0) is 12.3. The number of nitrogens with zero attached hydrogens (tertiary/aromatic N) is 1. The summed E-state index contributed by atoms with van der Waals surface area (Å²) in [7, 11) is 3.96. The first kappa shape index (κ1) is 12.6. The Morgan fingerprint density at radius 1 is 1.19 bits per heavy atom. The van der Waals surface area contributed by atoms with E-state index in [2.05, 4.69) is 6.92 Å². The van der Waals surface area contributed by atoms with Crippen molar-refractivity contribution in [2.75, 3.05) is 19.0 Å². The molecule has 0 aliphatic rings. The molecule has 0 atom stereocenters. The number of rotatable bonds is 4. The third-order valence-electron chi connectivity index (χ3n) is 2.83. The van der Waals surface area contributed by atoms with Crippen molar-refractivity contribution in [1.29, 1.82) is 0 Å². The maximum absolute atomic E-state index is 11.1. The van der Waals surface area contributed by atoms with Crippen LogP contribution in [-0.4, -0.2) is 25.2 Å². The minimum Gasteiger partial charge on any atom is -0.478 e. The molecule has 0 heterocycles. The van der Waals surface area contributed by atoms with E-state index in [-0.39, 0.29) is 0 Å². The van der Waals surface area contributed by atoms with Gasteiger partial charge in [0, 0.05) is 19.8 Å². The molecule has 16 heavy (non-hydrogen) atoms. The number of hydrogen-bond donors (Lipinski definition) is 1. The summed E-state index contributed by atoms with van der Waals surface area (Å²) in [6.07, 6.45) is 1.62. The molecule has 3 nitrogen and oxygen atoms in total. The number of carboxylic acid groups (broad SMARTS) is 1. The summed E-state index contributed by atoms with van der Waals surface area (Å²) in [6, 6.07) is 3.59. The van der Waals surface area contributed by atoms with E-state index in [9.17, 15) is 4.79 Å². The smallest absolute Gasteiger partial charge is 0.335 e. The van der Waals surface area contributed by atoms with Gasteiger partial charge in [-0.05, 0) is 36.1 Å². The second-order valence-electron chi connectivity index (χ2n) is 4.00. The third-order valence-corrected chi connectivity index (χ3v) is 2.83. The van der Waals surface area contributed by atoms with Gasteiger partial charge < -0.3 is 10.0 Å². The van der Waals surface area contributed by atoms with Crippen LogP contribution in [0.15, 0.2) is 12.1 Å². The number of aromatic carboxylic acids is 1. The number of carbonyl (C=O) groups is 1. The normalized spacial score (nSPS) is 10.2. The number of anilines is 1. The Hall–Kier alpha value is -1.51. The van der Waals surface area contributed by atoms with E-state index in [1.54, 1.807) is 6.07 Å². The van der Waals surface area contributed by atoms with Crippen LogP contribution in [0.1, 0.15) is 35.3 Å². The van der Waals surface area contributed by atoms with Gasteiger partial charge in [-0.3, -0.25) is 0 Å². The summed E-state index contributed by atoms with van der Waals surface area (Å²) in [4.78, 5) is 13.1. The lowest BCUT2D eigenvalue weighted by molar-refractivity contribution is 0.0695. The molecule has 1 N–H and O–H groups in total. The van der Waals surface area contributed by atoms with Crippen LogP contribution in [-0.2, 0) is 12.8 Å². The Balaban J connectivity index is 3.46. The Labute approximate surface area is 96.7 Å². The van der Waals surface area contributed by atoms with Gasteiger partial charge in [0.2, 0.25) is 0 Å². The van der Waals surface area contributed by atoms with Gasteiger partial charge in [-0.1, -0.05) is 13.8 Å².